The standard InChI is InChI=1S/C28H33NO6S4/c1-4-21(17-27-22(7-5-13-38(30,31)32)23-15-19(2)8-10-25(23)36-27)18-28-29(12-6-14-39(33,34)35)24-16-20(3)9-11-26(24)37-28/h8-11,15-18H,4-7,12-14H2,1-3H3,(H,30,31,32)(H,33,34,35)/b21-17?,28-18-. The van der Waals surface area contributed by atoms with E-state index >= 15 is 0 Å². The first-order valence-electron chi connectivity index (χ1n) is 12.7. The fourth-order valence-corrected chi connectivity index (χ4v) is 7.97. The van der Waals surface area contributed by atoms with Crippen molar-refractivity contribution in [3.63, 3.8) is 0 Å². The van der Waals surface area contributed by atoms with E-state index in [-0.39, 0.29) is 11.5 Å². The molecule has 2 heterocycles. The van der Waals surface area contributed by atoms with Gasteiger partial charge in [0.1, 0.15) is 0 Å². The van der Waals surface area contributed by atoms with Crippen LogP contribution < -0.4 is 4.90 Å². The van der Waals surface area contributed by atoms with Gasteiger partial charge in [0.25, 0.3) is 20.2 Å². The Hall–Kier alpha value is -2.15. The Bertz CT molecular complexity index is 1650. The molecule has 2 aromatic carbocycles. The molecule has 1 aromatic heterocycles. The third kappa shape index (κ3) is 7.96. The van der Waals surface area contributed by atoms with E-state index in [1.165, 1.54) is 0 Å². The highest BCUT2D eigenvalue weighted by Gasteiger charge is 2.25. The number of fused-ring (bicyclic) bond motifs is 2. The molecule has 0 spiro atoms. The molecule has 2 N–H and O–H groups in total. The summed E-state index contributed by atoms with van der Waals surface area (Å²) < 4.78 is 64.9. The Morgan fingerprint density at radius 1 is 0.949 bits per heavy atom. The molecular weight excluding hydrogens is 575 g/mol. The number of thioether (sulfide) groups is 1. The quantitative estimate of drug-likeness (QED) is 0.227. The number of hydrogen-bond donors (Lipinski definition) is 2. The third-order valence-corrected chi connectivity index (χ3v) is 10.4. The maximum atomic E-state index is 11.3. The predicted octanol–water partition coefficient (Wildman–Crippen LogP) is 6.86. The number of rotatable bonds is 11. The van der Waals surface area contributed by atoms with Crippen LogP contribution in [0.4, 0.5) is 5.69 Å². The summed E-state index contributed by atoms with van der Waals surface area (Å²) in [5.41, 5.74) is 5.42. The highest BCUT2D eigenvalue weighted by Crippen LogP contribution is 2.47. The molecule has 0 unspecified atom stereocenters. The fraction of sp³-hybridized carbons (Fsp3) is 0.357. The van der Waals surface area contributed by atoms with E-state index in [0.29, 0.717) is 25.8 Å². The topological polar surface area (TPSA) is 112 Å². The van der Waals surface area contributed by atoms with Gasteiger partial charge in [-0.2, -0.15) is 16.8 Å². The van der Waals surface area contributed by atoms with Gasteiger partial charge in [-0.1, -0.05) is 42.4 Å². The van der Waals surface area contributed by atoms with E-state index in [2.05, 4.69) is 60.4 Å². The monoisotopic (exact) mass is 607 g/mol. The SMILES string of the molecule is CCC(=Cc1sc2ccc(C)cc2c1CCCS(=O)(=O)O)/C=C1\Sc2ccc(C)cc2N1CCCS(=O)(=O)O. The van der Waals surface area contributed by atoms with E-state index in [0.717, 1.165) is 59.3 Å². The highest BCUT2D eigenvalue weighted by molar-refractivity contribution is 8.03. The van der Waals surface area contributed by atoms with Gasteiger partial charge in [-0.25, -0.2) is 0 Å². The zero-order chi connectivity index (χ0) is 28.4. The summed E-state index contributed by atoms with van der Waals surface area (Å²) in [4.78, 5) is 4.27. The van der Waals surface area contributed by atoms with E-state index in [9.17, 15) is 25.9 Å². The lowest BCUT2D eigenvalue weighted by atomic mass is 10.0. The van der Waals surface area contributed by atoms with Crippen molar-refractivity contribution in [3.8, 4) is 0 Å². The van der Waals surface area contributed by atoms with Gasteiger partial charge in [0.15, 0.2) is 0 Å². The van der Waals surface area contributed by atoms with Crippen LogP contribution in [-0.4, -0.2) is 44.0 Å². The van der Waals surface area contributed by atoms with Gasteiger partial charge >= 0.3 is 0 Å². The second-order valence-electron chi connectivity index (χ2n) is 9.75. The Morgan fingerprint density at radius 3 is 2.31 bits per heavy atom. The molecule has 0 saturated carbocycles. The molecule has 1 aliphatic heterocycles. The van der Waals surface area contributed by atoms with Crippen molar-refractivity contribution in [2.24, 2.45) is 0 Å². The van der Waals surface area contributed by atoms with Gasteiger partial charge in [0.05, 0.1) is 22.2 Å². The van der Waals surface area contributed by atoms with Crippen LogP contribution >= 0.6 is 23.1 Å². The van der Waals surface area contributed by atoms with Crippen molar-refractivity contribution in [1.82, 2.24) is 0 Å². The zero-order valence-corrected chi connectivity index (χ0v) is 25.4. The molecule has 1 aliphatic rings. The van der Waals surface area contributed by atoms with Crippen molar-refractivity contribution in [2.45, 2.75) is 51.3 Å². The Kier molecular flexibility index (Phi) is 9.30. The van der Waals surface area contributed by atoms with Crippen molar-refractivity contribution in [1.29, 1.82) is 0 Å². The number of allylic oxidation sites excluding steroid dienone is 2. The molecular formula is C28H33NO6S4. The molecule has 0 fully saturated rings. The third-order valence-electron chi connectivity index (χ3n) is 6.51. The van der Waals surface area contributed by atoms with Gasteiger partial charge in [-0.15, -0.1) is 11.3 Å². The Morgan fingerprint density at radius 2 is 1.62 bits per heavy atom. The highest BCUT2D eigenvalue weighted by atomic mass is 32.2. The van der Waals surface area contributed by atoms with E-state index in [4.69, 9.17) is 0 Å². The average molecular weight is 608 g/mol. The van der Waals surface area contributed by atoms with E-state index in [1.54, 1.807) is 23.1 Å². The fourth-order valence-electron chi connectivity index (χ4n) is 4.61. The molecule has 0 amide bonds. The van der Waals surface area contributed by atoms with Crippen molar-refractivity contribution in [3.05, 3.63) is 74.6 Å². The zero-order valence-electron chi connectivity index (χ0n) is 22.2. The molecule has 0 aliphatic carbocycles. The van der Waals surface area contributed by atoms with Crippen LogP contribution in [0.25, 0.3) is 16.2 Å². The molecule has 0 saturated heterocycles. The van der Waals surface area contributed by atoms with Crippen LogP contribution in [0.3, 0.4) is 0 Å². The number of anilines is 1. The number of hydrogen-bond acceptors (Lipinski definition) is 7. The lowest BCUT2D eigenvalue weighted by molar-refractivity contribution is 0.479. The number of nitrogens with zero attached hydrogens (tertiary/aromatic N) is 1. The molecule has 4 rings (SSSR count). The molecule has 0 atom stereocenters. The summed E-state index contributed by atoms with van der Waals surface area (Å²) in [6.45, 7) is 6.59. The first kappa shape index (κ1) is 29.8. The van der Waals surface area contributed by atoms with Gasteiger partial charge in [0, 0.05) is 21.0 Å². The van der Waals surface area contributed by atoms with E-state index in [1.807, 2.05) is 13.8 Å². The lowest BCUT2D eigenvalue weighted by Gasteiger charge is -2.21. The molecule has 0 bridgehead atoms. The maximum Gasteiger partial charge on any atom is 0.264 e. The molecule has 0 radical (unpaired) electrons. The molecule has 39 heavy (non-hydrogen) atoms. The van der Waals surface area contributed by atoms with Crippen LogP contribution in [0.5, 0.6) is 0 Å². The van der Waals surface area contributed by atoms with Gasteiger partial charge < -0.3 is 4.90 Å². The summed E-state index contributed by atoms with van der Waals surface area (Å²) >= 11 is 3.30. The Balaban J connectivity index is 1.71. The first-order valence-corrected chi connectivity index (χ1v) is 17.6. The minimum absolute atomic E-state index is 0.281. The lowest BCUT2D eigenvalue weighted by Crippen LogP contribution is -2.21. The summed E-state index contributed by atoms with van der Waals surface area (Å²) in [5, 5.41) is 2.10. The largest absolute Gasteiger partial charge is 0.335 e. The van der Waals surface area contributed by atoms with Crippen molar-refractivity contribution in [2.75, 3.05) is 23.0 Å². The van der Waals surface area contributed by atoms with Gasteiger partial charge in [-0.3, -0.25) is 9.11 Å². The number of benzene rings is 2. The second-order valence-corrected chi connectivity index (χ2v) is 15.0. The minimum Gasteiger partial charge on any atom is -0.335 e. The summed E-state index contributed by atoms with van der Waals surface area (Å²) in [6, 6.07) is 12.5. The normalized spacial score (nSPS) is 15.5. The molecule has 11 heteroatoms. The maximum absolute atomic E-state index is 11.3. The minimum atomic E-state index is -4.04. The van der Waals surface area contributed by atoms with Crippen LogP contribution in [-0.2, 0) is 26.7 Å². The second kappa shape index (κ2) is 12.2. The van der Waals surface area contributed by atoms with Crippen molar-refractivity contribution >= 4 is 65.2 Å². The number of thiophene rings is 1. The summed E-state index contributed by atoms with van der Waals surface area (Å²) in [5.74, 6) is -0.579. The number of aryl methyl sites for hydroxylation is 3. The average Bonchev–Trinajstić information content (AvgIpc) is 3.34. The predicted molar refractivity (Wildman–Crippen MR) is 163 cm³/mol. The van der Waals surface area contributed by atoms with Crippen molar-refractivity contribution < 1.29 is 25.9 Å². The molecule has 3 aromatic rings. The van der Waals surface area contributed by atoms with Gasteiger partial charge in [-0.05, 0) is 92.0 Å². The molecule has 7 nitrogen and oxygen atoms in total. The van der Waals surface area contributed by atoms with Gasteiger partial charge in [0.2, 0.25) is 0 Å². The Labute approximate surface area is 239 Å². The summed E-state index contributed by atoms with van der Waals surface area (Å²) in [7, 11) is -8.07. The first-order chi connectivity index (χ1) is 18.3. The van der Waals surface area contributed by atoms with Crippen LogP contribution in [0.15, 0.2) is 58.0 Å². The van der Waals surface area contributed by atoms with Crippen LogP contribution in [0.2, 0.25) is 0 Å². The van der Waals surface area contributed by atoms with Crippen LogP contribution in [0.1, 0.15) is 47.8 Å². The summed E-state index contributed by atoms with van der Waals surface area (Å²) in [6.07, 6.45) is 6.20. The molecule has 210 valence electrons. The smallest absolute Gasteiger partial charge is 0.264 e. The van der Waals surface area contributed by atoms with Crippen LogP contribution in [0, 0.1) is 13.8 Å². The van der Waals surface area contributed by atoms with E-state index < -0.39 is 20.2 Å².